The van der Waals surface area contributed by atoms with E-state index in [0.29, 0.717) is 12.0 Å². The monoisotopic (exact) mass is 199 g/mol. The number of hydrogen-bond acceptors (Lipinski definition) is 3. The lowest BCUT2D eigenvalue weighted by atomic mass is 10.1. The van der Waals surface area contributed by atoms with Crippen LogP contribution in [0, 0.1) is 5.92 Å². The lowest BCUT2D eigenvalue weighted by Crippen LogP contribution is -2.27. The number of thioether (sulfide) groups is 1. The molecule has 0 spiro atoms. The summed E-state index contributed by atoms with van der Waals surface area (Å²) in [7, 11) is 7.60. The van der Waals surface area contributed by atoms with Gasteiger partial charge in [0.2, 0.25) is 0 Å². The van der Waals surface area contributed by atoms with E-state index in [1.165, 1.54) is 6.42 Å². The summed E-state index contributed by atoms with van der Waals surface area (Å²) in [6.45, 7) is 1.12. The van der Waals surface area contributed by atoms with Crippen LogP contribution in [0.15, 0.2) is 0 Å². The molecule has 2 radical (unpaired) electrons. The highest BCUT2D eigenvalue weighted by Gasteiger charge is 2.27. The van der Waals surface area contributed by atoms with Crippen LogP contribution >= 0.6 is 24.0 Å². The van der Waals surface area contributed by atoms with Crippen molar-refractivity contribution < 1.29 is 0 Å². The van der Waals surface area contributed by atoms with Gasteiger partial charge in [-0.05, 0) is 24.5 Å². The summed E-state index contributed by atoms with van der Waals surface area (Å²) in [5, 5.41) is 1.91. The van der Waals surface area contributed by atoms with Crippen LogP contribution in [0.25, 0.3) is 0 Å². The molecule has 1 fully saturated rings. The molecule has 66 valence electrons. The molecule has 2 atom stereocenters. The maximum absolute atomic E-state index is 5.44. The van der Waals surface area contributed by atoms with Crippen LogP contribution in [-0.4, -0.2) is 49.2 Å². The zero-order valence-corrected chi connectivity index (χ0v) is 9.03. The molecule has 1 aliphatic rings. The molecule has 12 heavy (non-hydrogen) atoms. The second-order valence-electron chi connectivity index (χ2n) is 3.26. The number of rotatable bonds is 4. The summed E-state index contributed by atoms with van der Waals surface area (Å²) in [6.07, 6.45) is 1.22. The molecule has 0 aliphatic carbocycles. The van der Waals surface area contributed by atoms with Gasteiger partial charge in [-0.25, -0.2) is 0 Å². The quantitative estimate of drug-likeness (QED) is 0.494. The largest absolute Gasteiger partial charge is 0.302 e. The second-order valence-corrected chi connectivity index (χ2v) is 4.61. The van der Waals surface area contributed by atoms with Gasteiger partial charge in [-0.15, -0.1) is 0 Å². The van der Waals surface area contributed by atoms with Crippen molar-refractivity contribution in [2.75, 3.05) is 25.0 Å². The third-order valence-electron chi connectivity index (χ3n) is 2.34. The molecule has 2 unspecified atom stereocenters. The highest BCUT2D eigenvalue weighted by atomic mass is 32.2. The van der Waals surface area contributed by atoms with Crippen LogP contribution in [0.1, 0.15) is 6.42 Å². The van der Waals surface area contributed by atoms with E-state index >= 15 is 0 Å². The van der Waals surface area contributed by atoms with E-state index in [1.54, 1.807) is 0 Å². The van der Waals surface area contributed by atoms with Crippen molar-refractivity contribution >= 4 is 37.2 Å². The average molecular weight is 199 g/mol. The minimum atomic E-state index is 0.619. The van der Waals surface area contributed by atoms with Crippen molar-refractivity contribution in [1.29, 1.82) is 0 Å². The molecule has 0 aromatic heterocycles. The van der Waals surface area contributed by atoms with Gasteiger partial charge in [0.05, 0.1) is 7.85 Å². The lowest BCUT2D eigenvalue weighted by molar-refractivity contribution is 0.333. The van der Waals surface area contributed by atoms with E-state index in [0.717, 1.165) is 17.9 Å². The number of hydrogen-bond donors (Lipinski definition) is 0. The molecule has 1 nitrogen and oxygen atoms in total. The first-order valence-corrected chi connectivity index (χ1v) is 5.84. The number of likely N-dealkylation sites (tertiary alicyclic amines) is 1. The Balaban J connectivity index is 2.30. The van der Waals surface area contributed by atoms with E-state index in [1.807, 2.05) is 17.1 Å². The van der Waals surface area contributed by atoms with Gasteiger partial charge in [0.25, 0.3) is 0 Å². The third-order valence-corrected chi connectivity index (χ3v) is 3.58. The highest BCUT2D eigenvalue weighted by molar-refractivity contribution is 8.00. The fraction of sp³-hybridized carbons (Fsp3) is 0.875. The van der Waals surface area contributed by atoms with E-state index < -0.39 is 0 Å². The Bertz CT molecular complexity index is 154. The molecule has 1 aliphatic heterocycles. The van der Waals surface area contributed by atoms with Crippen LogP contribution < -0.4 is 0 Å². The zero-order chi connectivity index (χ0) is 8.97. The second kappa shape index (κ2) is 5.25. The zero-order valence-electron chi connectivity index (χ0n) is 7.40. The maximum atomic E-state index is 5.44. The van der Waals surface area contributed by atoms with Crippen LogP contribution in [0.2, 0.25) is 0 Å². The van der Waals surface area contributed by atoms with Gasteiger partial charge < -0.3 is 4.90 Å². The van der Waals surface area contributed by atoms with Crippen molar-refractivity contribution in [2.45, 2.75) is 12.5 Å². The fourth-order valence-corrected chi connectivity index (χ4v) is 2.62. The normalized spacial score (nSPS) is 30.8. The Labute approximate surface area is 85.7 Å². The van der Waals surface area contributed by atoms with E-state index in [2.05, 4.69) is 11.9 Å². The average Bonchev–Trinajstić information content (AvgIpc) is 2.43. The predicted octanol–water partition coefficient (Wildman–Crippen LogP) is 1.17. The SMILES string of the molecule is [B]CSCC1CC(C=S)CN1C. The number of nitrogens with zero attached hydrogens (tertiary/aromatic N) is 1. The van der Waals surface area contributed by atoms with E-state index in [9.17, 15) is 0 Å². The summed E-state index contributed by atoms with van der Waals surface area (Å²) >= 11 is 6.76. The Morgan fingerprint density at radius 2 is 2.50 bits per heavy atom. The van der Waals surface area contributed by atoms with Gasteiger partial charge in [-0.1, -0.05) is 12.2 Å². The van der Waals surface area contributed by atoms with Crippen LogP contribution in [0.5, 0.6) is 0 Å². The van der Waals surface area contributed by atoms with Crippen molar-refractivity contribution in [1.82, 2.24) is 4.90 Å². The molecule has 0 saturated carbocycles. The molecule has 4 heteroatoms. The molecule has 1 saturated heterocycles. The van der Waals surface area contributed by atoms with Gasteiger partial charge in [-0.2, -0.15) is 11.8 Å². The minimum absolute atomic E-state index is 0.619. The molecule has 0 amide bonds. The Kier molecular flexibility index (Phi) is 4.61. The maximum Gasteiger partial charge on any atom is 0.0799 e. The van der Waals surface area contributed by atoms with Gasteiger partial charge in [0, 0.05) is 24.3 Å². The van der Waals surface area contributed by atoms with Crippen molar-refractivity contribution in [2.24, 2.45) is 5.92 Å². The summed E-state index contributed by atoms with van der Waals surface area (Å²) in [5.74, 6) is 1.76. The molecule has 1 rings (SSSR count). The van der Waals surface area contributed by atoms with E-state index in [-0.39, 0.29) is 0 Å². The predicted molar refractivity (Wildman–Crippen MR) is 61.3 cm³/mol. The first-order chi connectivity index (χ1) is 5.77. The fourth-order valence-electron chi connectivity index (χ4n) is 1.62. The van der Waals surface area contributed by atoms with Crippen molar-refractivity contribution in [3.8, 4) is 0 Å². The molecular weight excluding hydrogens is 185 g/mol. The molecule has 0 bridgehead atoms. The van der Waals surface area contributed by atoms with Gasteiger partial charge in [0.1, 0.15) is 0 Å². The number of thiocarbonyl (C=S) groups is 1. The van der Waals surface area contributed by atoms with Crippen molar-refractivity contribution in [3.05, 3.63) is 0 Å². The summed E-state index contributed by atoms with van der Waals surface area (Å²) < 4.78 is 0. The van der Waals surface area contributed by atoms with Gasteiger partial charge in [0.15, 0.2) is 0 Å². The third kappa shape index (κ3) is 2.75. The lowest BCUT2D eigenvalue weighted by Gasteiger charge is -2.17. The van der Waals surface area contributed by atoms with Gasteiger partial charge >= 0.3 is 0 Å². The summed E-state index contributed by atoms with van der Waals surface area (Å²) in [4.78, 5) is 2.39. The van der Waals surface area contributed by atoms with Crippen LogP contribution in [0.4, 0.5) is 0 Å². The Hall–Kier alpha value is 0.465. The van der Waals surface area contributed by atoms with Crippen LogP contribution in [0.3, 0.4) is 0 Å². The molecule has 0 aromatic carbocycles. The van der Waals surface area contributed by atoms with Gasteiger partial charge in [-0.3, -0.25) is 0 Å². The smallest absolute Gasteiger partial charge is 0.0799 e. The topological polar surface area (TPSA) is 3.24 Å². The standard InChI is InChI=1S/C8H14BNS2/c1-10-3-7(4-11)2-8(10)5-12-6-9/h4,7-8H,2-3,5-6H2,1H3. The highest BCUT2D eigenvalue weighted by Crippen LogP contribution is 2.22. The Morgan fingerprint density at radius 3 is 3.00 bits per heavy atom. The Morgan fingerprint density at radius 1 is 1.75 bits per heavy atom. The molecule has 0 N–H and O–H groups in total. The summed E-state index contributed by atoms with van der Waals surface area (Å²) in [5.41, 5.74) is 0.729. The first kappa shape index (κ1) is 10.5. The molecular formula is C8H14BNS2. The molecule has 0 aromatic rings. The molecule has 1 heterocycles. The first-order valence-electron chi connectivity index (χ1n) is 4.21. The minimum Gasteiger partial charge on any atom is -0.302 e. The summed E-state index contributed by atoms with van der Waals surface area (Å²) in [6, 6.07) is 0.683. The van der Waals surface area contributed by atoms with E-state index in [4.69, 9.17) is 20.1 Å². The van der Waals surface area contributed by atoms with Crippen molar-refractivity contribution in [3.63, 3.8) is 0 Å². The van der Waals surface area contributed by atoms with Crippen LogP contribution in [-0.2, 0) is 0 Å².